The molecule has 0 spiro atoms. The Balaban J connectivity index is 2.34. The fourth-order valence-corrected chi connectivity index (χ4v) is 2.02. The predicted molar refractivity (Wildman–Crippen MR) is 71.6 cm³/mol. The van der Waals surface area contributed by atoms with Crippen LogP contribution >= 0.6 is 11.8 Å². The fourth-order valence-electron chi connectivity index (χ4n) is 1.19. The Morgan fingerprint density at radius 2 is 2.06 bits per heavy atom. The van der Waals surface area contributed by atoms with Crippen molar-refractivity contribution in [1.29, 1.82) is 0 Å². The summed E-state index contributed by atoms with van der Waals surface area (Å²) >= 11 is 1.56. The van der Waals surface area contributed by atoms with Crippen LogP contribution in [0.2, 0.25) is 0 Å². The zero-order valence-corrected chi connectivity index (χ0v) is 11.1. The number of benzene rings is 1. The quantitative estimate of drug-likeness (QED) is 0.625. The highest BCUT2D eigenvalue weighted by molar-refractivity contribution is 7.99. The molecule has 0 aliphatic heterocycles. The molecule has 0 fully saturated rings. The minimum atomic E-state index is -0.484. The van der Waals surface area contributed by atoms with Gasteiger partial charge >= 0.3 is 5.97 Å². The minimum Gasteiger partial charge on any atom is -0.446 e. The van der Waals surface area contributed by atoms with Crippen molar-refractivity contribution in [2.45, 2.75) is 37.5 Å². The van der Waals surface area contributed by atoms with Gasteiger partial charge in [0.2, 0.25) is 0 Å². The molecule has 0 aliphatic rings. The lowest BCUT2D eigenvalue weighted by atomic mass is 10.2. The molecule has 0 aromatic heterocycles. The first-order valence-electron chi connectivity index (χ1n) is 5.75. The van der Waals surface area contributed by atoms with E-state index in [0.717, 1.165) is 5.75 Å². The van der Waals surface area contributed by atoms with Gasteiger partial charge in [0, 0.05) is 5.75 Å². The highest BCUT2D eigenvalue weighted by atomic mass is 32.2. The Hall–Kier alpha value is -1.00. The van der Waals surface area contributed by atoms with Gasteiger partial charge in [0.15, 0.2) is 6.23 Å². The van der Waals surface area contributed by atoms with Crippen LogP contribution in [0.15, 0.2) is 30.3 Å². The smallest absolute Gasteiger partial charge is 0.320 e. The average molecular weight is 253 g/mol. The number of nitrogens with two attached hydrogens (primary N) is 1. The SMILES string of the molecule is CCC(N)OC(=O)C(C)SCc1ccccc1. The molecule has 0 heterocycles. The molecule has 0 bridgehead atoms. The third-order valence-electron chi connectivity index (χ3n) is 2.34. The van der Waals surface area contributed by atoms with E-state index in [2.05, 4.69) is 0 Å². The van der Waals surface area contributed by atoms with Crippen LogP contribution in [0, 0.1) is 0 Å². The summed E-state index contributed by atoms with van der Waals surface area (Å²) in [4.78, 5) is 11.6. The van der Waals surface area contributed by atoms with E-state index in [1.807, 2.05) is 44.2 Å². The molecule has 0 radical (unpaired) electrons. The molecule has 0 saturated heterocycles. The Kier molecular flexibility index (Phi) is 6.08. The maximum atomic E-state index is 11.6. The van der Waals surface area contributed by atoms with Crippen molar-refractivity contribution in [3.63, 3.8) is 0 Å². The lowest BCUT2D eigenvalue weighted by molar-refractivity contribution is -0.147. The highest BCUT2D eigenvalue weighted by Crippen LogP contribution is 2.18. The molecule has 2 atom stereocenters. The van der Waals surface area contributed by atoms with Gasteiger partial charge in [-0.25, -0.2) is 0 Å². The van der Waals surface area contributed by atoms with Crippen LogP contribution in [0.3, 0.4) is 0 Å². The Bertz CT molecular complexity index is 343. The molecule has 2 N–H and O–H groups in total. The zero-order valence-electron chi connectivity index (χ0n) is 10.3. The minimum absolute atomic E-state index is 0.187. The van der Waals surface area contributed by atoms with Gasteiger partial charge in [0.1, 0.15) is 0 Å². The van der Waals surface area contributed by atoms with E-state index in [1.165, 1.54) is 5.56 Å². The zero-order chi connectivity index (χ0) is 12.7. The van der Waals surface area contributed by atoms with Crippen molar-refractivity contribution >= 4 is 17.7 Å². The van der Waals surface area contributed by atoms with E-state index in [4.69, 9.17) is 10.5 Å². The van der Waals surface area contributed by atoms with Crippen molar-refractivity contribution in [2.75, 3.05) is 0 Å². The van der Waals surface area contributed by atoms with Crippen molar-refractivity contribution in [2.24, 2.45) is 5.73 Å². The molecule has 1 aromatic carbocycles. The van der Waals surface area contributed by atoms with Gasteiger partial charge < -0.3 is 4.74 Å². The first kappa shape index (κ1) is 14.1. The van der Waals surface area contributed by atoms with Crippen LogP contribution in [0.4, 0.5) is 0 Å². The maximum Gasteiger partial charge on any atom is 0.320 e. The molecule has 0 saturated carbocycles. The maximum absolute atomic E-state index is 11.6. The number of esters is 1. The third kappa shape index (κ3) is 5.24. The molecule has 2 unspecified atom stereocenters. The summed E-state index contributed by atoms with van der Waals surface area (Å²) in [6.07, 6.45) is 0.157. The molecule has 1 aromatic rings. The van der Waals surface area contributed by atoms with Crippen LogP contribution in [0.1, 0.15) is 25.8 Å². The van der Waals surface area contributed by atoms with E-state index in [0.29, 0.717) is 6.42 Å². The number of ether oxygens (including phenoxy) is 1. The van der Waals surface area contributed by atoms with Crippen molar-refractivity contribution < 1.29 is 9.53 Å². The summed E-state index contributed by atoms with van der Waals surface area (Å²) in [5.74, 6) is 0.568. The first-order valence-corrected chi connectivity index (χ1v) is 6.80. The number of hydrogen-bond donors (Lipinski definition) is 1. The summed E-state index contributed by atoms with van der Waals surface area (Å²) in [6, 6.07) is 10.1. The van der Waals surface area contributed by atoms with Crippen LogP contribution in [0.5, 0.6) is 0 Å². The Labute approximate surface area is 107 Å². The molecular formula is C13H19NO2S. The van der Waals surface area contributed by atoms with E-state index in [-0.39, 0.29) is 11.2 Å². The first-order chi connectivity index (χ1) is 8.13. The lowest BCUT2D eigenvalue weighted by Crippen LogP contribution is -2.30. The second-order valence-electron chi connectivity index (χ2n) is 3.82. The molecule has 17 heavy (non-hydrogen) atoms. The second-order valence-corrected chi connectivity index (χ2v) is 5.15. The molecule has 1 rings (SSSR count). The highest BCUT2D eigenvalue weighted by Gasteiger charge is 2.17. The van der Waals surface area contributed by atoms with Crippen molar-refractivity contribution in [1.82, 2.24) is 0 Å². The van der Waals surface area contributed by atoms with Gasteiger partial charge in [-0.3, -0.25) is 10.5 Å². The van der Waals surface area contributed by atoms with Crippen molar-refractivity contribution in [3.8, 4) is 0 Å². The van der Waals surface area contributed by atoms with Crippen LogP contribution in [-0.4, -0.2) is 17.4 Å². The fraction of sp³-hybridized carbons (Fsp3) is 0.462. The van der Waals surface area contributed by atoms with E-state index in [9.17, 15) is 4.79 Å². The molecule has 4 heteroatoms. The van der Waals surface area contributed by atoms with Crippen molar-refractivity contribution in [3.05, 3.63) is 35.9 Å². The van der Waals surface area contributed by atoms with Crippen LogP contribution in [-0.2, 0) is 15.3 Å². The van der Waals surface area contributed by atoms with Crippen LogP contribution < -0.4 is 5.73 Å². The van der Waals surface area contributed by atoms with Gasteiger partial charge in [-0.05, 0) is 18.9 Å². The number of carbonyl (C=O) groups is 1. The summed E-state index contributed by atoms with van der Waals surface area (Å²) < 4.78 is 5.07. The van der Waals surface area contributed by atoms with Gasteiger partial charge in [-0.15, -0.1) is 11.8 Å². The largest absolute Gasteiger partial charge is 0.446 e. The lowest BCUT2D eigenvalue weighted by Gasteiger charge is -2.15. The molecule has 3 nitrogen and oxygen atoms in total. The predicted octanol–water partition coefficient (Wildman–Crippen LogP) is 2.55. The molecule has 0 amide bonds. The standard InChI is InChI=1S/C13H19NO2S/c1-3-12(14)16-13(15)10(2)17-9-11-7-5-4-6-8-11/h4-8,10,12H,3,9,14H2,1-2H3. The molecular weight excluding hydrogens is 234 g/mol. The number of hydrogen-bond acceptors (Lipinski definition) is 4. The number of thioether (sulfide) groups is 1. The number of rotatable bonds is 6. The van der Waals surface area contributed by atoms with Gasteiger partial charge in [0.05, 0.1) is 5.25 Å². The number of carbonyl (C=O) groups excluding carboxylic acids is 1. The third-order valence-corrected chi connectivity index (χ3v) is 3.54. The topological polar surface area (TPSA) is 52.3 Å². The monoisotopic (exact) mass is 253 g/mol. The average Bonchev–Trinajstić information content (AvgIpc) is 2.36. The normalized spacial score (nSPS) is 14.1. The van der Waals surface area contributed by atoms with Crippen LogP contribution in [0.25, 0.3) is 0 Å². The summed E-state index contributed by atoms with van der Waals surface area (Å²) in [5, 5.41) is -0.187. The molecule has 0 aliphatic carbocycles. The van der Waals surface area contributed by atoms with Gasteiger partial charge in [-0.2, -0.15) is 0 Å². The van der Waals surface area contributed by atoms with E-state index >= 15 is 0 Å². The van der Waals surface area contributed by atoms with Gasteiger partial charge in [0.25, 0.3) is 0 Å². The van der Waals surface area contributed by atoms with Gasteiger partial charge in [-0.1, -0.05) is 37.3 Å². The second kappa shape index (κ2) is 7.35. The summed E-state index contributed by atoms with van der Waals surface area (Å²) in [7, 11) is 0. The molecule has 94 valence electrons. The Morgan fingerprint density at radius 1 is 1.41 bits per heavy atom. The summed E-state index contributed by atoms with van der Waals surface area (Å²) in [5.41, 5.74) is 6.77. The van der Waals surface area contributed by atoms with E-state index in [1.54, 1.807) is 11.8 Å². The summed E-state index contributed by atoms with van der Waals surface area (Å²) in [6.45, 7) is 3.73. The Morgan fingerprint density at radius 3 is 2.65 bits per heavy atom. The van der Waals surface area contributed by atoms with E-state index < -0.39 is 6.23 Å².